The highest BCUT2D eigenvalue weighted by Crippen LogP contribution is 2.50. The Morgan fingerprint density at radius 1 is 1.12 bits per heavy atom. The molecule has 34 heavy (non-hydrogen) atoms. The van der Waals surface area contributed by atoms with Gasteiger partial charge in [-0.3, -0.25) is 9.69 Å². The Kier molecular flexibility index (Phi) is 7.22. The predicted molar refractivity (Wildman–Crippen MR) is 130 cm³/mol. The van der Waals surface area contributed by atoms with Crippen molar-refractivity contribution in [2.45, 2.75) is 61.6 Å². The summed E-state index contributed by atoms with van der Waals surface area (Å²) in [4.78, 5) is 32.0. The Bertz CT molecular complexity index is 863. The number of amides is 3. The topological polar surface area (TPSA) is 85.3 Å². The van der Waals surface area contributed by atoms with E-state index in [9.17, 15) is 14.7 Å². The van der Waals surface area contributed by atoms with Crippen LogP contribution in [0.5, 0.6) is 0 Å². The molecule has 3 aliphatic rings. The SMILES string of the molecule is COCCNC(=O)CN1C[C@]2(CC[C@@](c3ccccc3)(N(C)C)CC2)N(CC2(O)CCC2)C1=O. The fourth-order valence-corrected chi connectivity index (χ4v) is 6.10. The van der Waals surface area contributed by atoms with Gasteiger partial charge in [0, 0.05) is 25.7 Å². The van der Waals surface area contributed by atoms with Crippen LogP contribution in [0.25, 0.3) is 0 Å². The molecule has 0 radical (unpaired) electrons. The molecule has 188 valence electrons. The number of carbonyl (C=O) groups is 2. The Morgan fingerprint density at radius 2 is 1.79 bits per heavy atom. The third kappa shape index (κ3) is 4.68. The number of methoxy groups -OCH3 is 1. The van der Waals surface area contributed by atoms with Crippen LogP contribution in [0.3, 0.4) is 0 Å². The zero-order chi connectivity index (χ0) is 24.4. The van der Waals surface area contributed by atoms with Gasteiger partial charge in [-0.1, -0.05) is 30.3 Å². The van der Waals surface area contributed by atoms with Crippen LogP contribution in [0.2, 0.25) is 0 Å². The second-order valence-corrected chi connectivity index (χ2v) is 10.7. The van der Waals surface area contributed by atoms with Gasteiger partial charge >= 0.3 is 6.03 Å². The number of benzene rings is 1. The molecule has 2 saturated carbocycles. The quantitative estimate of drug-likeness (QED) is 0.538. The first kappa shape index (κ1) is 24.9. The van der Waals surface area contributed by atoms with Gasteiger partial charge in [0.1, 0.15) is 6.54 Å². The number of aliphatic hydroxyl groups is 1. The molecule has 4 rings (SSSR count). The molecule has 8 nitrogen and oxygen atoms in total. The molecule has 0 aromatic heterocycles. The number of hydrogen-bond acceptors (Lipinski definition) is 5. The molecule has 1 saturated heterocycles. The van der Waals surface area contributed by atoms with Gasteiger partial charge in [0.25, 0.3) is 0 Å². The largest absolute Gasteiger partial charge is 0.388 e. The van der Waals surface area contributed by atoms with Crippen molar-refractivity contribution in [1.29, 1.82) is 0 Å². The molecule has 3 fully saturated rings. The van der Waals surface area contributed by atoms with Crippen molar-refractivity contribution < 1.29 is 19.4 Å². The van der Waals surface area contributed by atoms with E-state index in [1.165, 1.54) is 5.56 Å². The zero-order valence-electron chi connectivity index (χ0n) is 20.9. The van der Waals surface area contributed by atoms with E-state index in [2.05, 4.69) is 48.6 Å². The lowest BCUT2D eigenvalue weighted by atomic mass is 9.67. The summed E-state index contributed by atoms with van der Waals surface area (Å²) in [6, 6.07) is 10.5. The molecular formula is C26H40N4O4. The minimum Gasteiger partial charge on any atom is -0.388 e. The molecule has 1 spiro atoms. The first-order chi connectivity index (χ1) is 16.2. The van der Waals surface area contributed by atoms with Gasteiger partial charge in [-0.05, 0) is 64.6 Å². The monoisotopic (exact) mass is 472 g/mol. The summed E-state index contributed by atoms with van der Waals surface area (Å²) < 4.78 is 5.00. The number of rotatable bonds is 9. The normalized spacial score (nSPS) is 28.4. The van der Waals surface area contributed by atoms with E-state index >= 15 is 0 Å². The van der Waals surface area contributed by atoms with Crippen molar-refractivity contribution in [1.82, 2.24) is 20.0 Å². The first-order valence-corrected chi connectivity index (χ1v) is 12.5. The number of carbonyl (C=O) groups excluding carboxylic acids is 2. The Morgan fingerprint density at radius 3 is 2.35 bits per heavy atom. The summed E-state index contributed by atoms with van der Waals surface area (Å²) in [6.45, 7) is 1.78. The van der Waals surface area contributed by atoms with Crippen LogP contribution in [0.15, 0.2) is 30.3 Å². The number of hydrogen-bond donors (Lipinski definition) is 2. The molecular weight excluding hydrogens is 432 g/mol. The fraction of sp³-hybridized carbons (Fsp3) is 0.692. The maximum atomic E-state index is 13.6. The number of urea groups is 1. The van der Waals surface area contributed by atoms with E-state index < -0.39 is 5.60 Å². The van der Waals surface area contributed by atoms with Crippen LogP contribution in [0.1, 0.15) is 50.5 Å². The number of nitrogens with one attached hydrogen (secondary N) is 1. The van der Waals surface area contributed by atoms with E-state index in [-0.39, 0.29) is 29.6 Å². The van der Waals surface area contributed by atoms with Gasteiger partial charge in [-0.15, -0.1) is 0 Å². The van der Waals surface area contributed by atoms with Crippen molar-refractivity contribution in [2.24, 2.45) is 0 Å². The van der Waals surface area contributed by atoms with Crippen LogP contribution in [0.4, 0.5) is 4.79 Å². The maximum Gasteiger partial charge on any atom is 0.321 e. The Hall–Kier alpha value is -2.16. The van der Waals surface area contributed by atoms with Crippen LogP contribution >= 0.6 is 0 Å². The van der Waals surface area contributed by atoms with E-state index in [4.69, 9.17) is 4.74 Å². The average molecular weight is 473 g/mol. The van der Waals surface area contributed by atoms with Crippen LogP contribution in [-0.2, 0) is 15.1 Å². The molecule has 1 aliphatic heterocycles. The molecule has 0 atom stereocenters. The molecule has 3 amide bonds. The average Bonchev–Trinajstić information content (AvgIpc) is 3.04. The van der Waals surface area contributed by atoms with Crippen molar-refractivity contribution >= 4 is 11.9 Å². The maximum absolute atomic E-state index is 13.6. The lowest BCUT2D eigenvalue weighted by Gasteiger charge is -2.52. The number of ether oxygens (including phenoxy) is 1. The van der Waals surface area contributed by atoms with Crippen molar-refractivity contribution in [3.05, 3.63) is 35.9 Å². The van der Waals surface area contributed by atoms with Crippen LogP contribution < -0.4 is 5.32 Å². The van der Waals surface area contributed by atoms with Gasteiger partial charge < -0.3 is 25.0 Å². The van der Waals surface area contributed by atoms with Crippen LogP contribution in [0, 0.1) is 0 Å². The standard InChI is InChI=1S/C26H40N4O4/c1-28(2)26(21-8-5-4-6-9-21)14-12-24(13-15-26)19-29(18-22(31)27-16-17-34-3)23(32)30(24)20-25(33)10-7-11-25/h4-6,8-9,33H,7,10-20H2,1-3H3,(H,27,31)/t24-,26-. The Balaban J connectivity index is 1.54. The summed E-state index contributed by atoms with van der Waals surface area (Å²) >= 11 is 0. The van der Waals surface area contributed by atoms with Crippen molar-refractivity contribution in [3.63, 3.8) is 0 Å². The summed E-state index contributed by atoms with van der Waals surface area (Å²) in [7, 11) is 5.86. The smallest absolute Gasteiger partial charge is 0.321 e. The molecule has 2 N–H and O–H groups in total. The van der Waals surface area contributed by atoms with Gasteiger partial charge in [-0.2, -0.15) is 0 Å². The van der Waals surface area contributed by atoms with E-state index in [1.54, 1.807) is 12.0 Å². The van der Waals surface area contributed by atoms with Gasteiger partial charge in [-0.25, -0.2) is 4.79 Å². The van der Waals surface area contributed by atoms with Crippen LogP contribution in [-0.4, -0.2) is 96.9 Å². The highest BCUT2D eigenvalue weighted by Gasteiger charge is 2.56. The molecule has 8 heteroatoms. The number of nitrogens with zero attached hydrogens (tertiary/aromatic N) is 3. The third-order valence-electron chi connectivity index (χ3n) is 8.43. The summed E-state index contributed by atoms with van der Waals surface area (Å²) in [5.74, 6) is -0.174. The highest BCUT2D eigenvalue weighted by atomic mass is 16.5. The van der Waals surface area contributed by atoms with Gasteiger partial charge in [0.15, 0.2) is 0 Å². The minimum atomic E-state index is -0.797. The molecule has 1 heterocycles. The number of β-amino-alcohol motifs (C(OH)–C–C–N with tert-alkyl or cyclic N) is 1. The lowest BCUT2D eigenvalue weighted by Crippen LogP contribution is -2.59. The molecule has 0 unspecified atom stereocenters. The lowest BCUT2D eigenvalue weighted by molar-refractivity contribution is -0.121. The third-order valence-corrected chi connectivity index (χ3v) is 8.43. The second kappa shape index (κ2) is 9.84. The highest BCUT2D eigenvalue weighted by molar-refractivity contribution is 5.86. The fourth-order valence-electron chi connectivity index (χ4n) is 6.10. The van der Waals surface area contributed by atoms with Crippen molar-refractivity contribution in [3.8, 4) is 0 Å². The van der Waals surface area contributed by atoms with Gasteiger partial charge in [0.2, 0.25) is 5.91 Å². The molecule has 1 aromatic rings. The zero-order valence-corrected chi connectivity index (χ0v) is 20.9. The second-order valence-electron chi connectivity index (χ2n) is 10.7. The predicted octanol–water partition coefficient (Wildman–Crippen LogP) is 2.17. The summed E-state index contributed by atoms with van der Waals surface area (Å²) in [5, 5.41) is 13.8. The van der Waals surface area contributed by atoms with Crippen molar-refractivity contribution in [2.75, 3.05) is 54.0 Å². The molecule has 2 aliphatic carbocycles. The summed E-state index contributed by atoms with van der Waals surface area (Å²) in [5.41, 5.74) is 0.0653. The van der Waals surface area contributed by atoms with E-state index in [0.717, 1.165) is 44.9 Å². The minimum absolute atomic E-state index is 0.0384. The van der Waals surface area contributed by atoms with E-state index in [1.807, 2.05) is 11.0 Å². The first-order valence-electron chi connectivity index (χ1n) is 12.5. The Labute approximate surface area is 203 Å². The molecule has 0 bridgehead atoms. The van der Waals surface area contributed by atoms with E-state index in [0.29, 0.717) is 26.2 Å². The molecule has 1 aromatic carbocycles. The summed E-state index contributed by atoms with van der Waals surface area (Å²) in [6.07, 6.45) is 5.97. The van der Waals surface area contributed by atoms with Gasteiger partial charge in [0.05, 0.1) is 24.3 Å².